The third-order valence-corrected chi connectivity index (χ3v) is 5.77. The Kier molecular flexibility index (Phi) is 6.68. The van der Waals surface area contributed by atoms with Crippen molar-refractivity contribution in [3.63, 3.8) is 0 Å². The van der Waals surface area contributed by atoms with Gasteiger partial charge < -0.3 is 5.32 Å². The van der Waals surface area contributed by atoms with Gasteiger partial charge in [-0.2, -0.15) is 0 Å². The lowest BCUT2D eigenvalue weighted by Crippen LogP contribution is -2.31. The molecule has 4 rings (SSSR count). The predicted octanol–water partition coefficient (Wildman–Crippen LogP) is 5.59. The van der Waals surface area contributed by atoms with Crippen LogP contribution in [0.25, 0.3) is 6.08 Å². The second kappa shape index (κ2) is 9.80. The van der Waals surface area contributed by atoms with Gasteiger partial charge in [0.25, 0.3) is 5.91 Å². The van der Waals surface area contributed by atoms with Crippen molar-refractivity contribution in [2.75, 3.05) is 16.0 Å². The molecule has 32 heavy (non-hydrogen) atoms. The number of amidine groups is 1. The van der Waals surface area contributed by atoms with Crippen molar-refractivity contribution in [2.45, 2.75) is 0 Å². The average molecular weight is 466 g/mol. The van der Waals surface area contributed by atoms with Gasteiger partial charge in [0.05, 0.1) is 22.2 Å². The average Bonchev–Trinajstić information content (AvgIpc) is 3.10. The highest BCUT2D eigenvalue weighted by molar-refractivity contribution is 8.14. The summed E-state index contributed by atoms with van der Waals surface area (Å²) >= 11 is 7.20. The Labute approximate surface area is 193 Å². The van der Waals surface area contributed by atoms with E-state index in [0.29, 0.717) is 21.6 Å². The summed E-state index contributed by atoms with van der Waals surface area (Å²) in [6.07, 6.45) is 1.68. The van der Waals surface area contributed by atoms with Crippen LogP contribution in [0.2, 0.25) is 5.02 Å². The van der Waals surface area contributed by atoms with Gasteiger partial charge in [0.2, 0.25) is 5.91 Å². The third kappa shape index (κ3) is 5.07. The molecule has 0 aliphatic carbocycles. The van der Waals surface area contributed by atoms with Crippen molar-refractivity contribution >= 4 is 57.8 Å². The van der Waals surface area contributed by atoms with Crippen molar-refractivity contribution in [1.29, 1.82) is 0 Å². The SMILES string of the molecule is O=C(CSC1=N/C(=C\c2ccccc2)C(=O)N1c1ccc(F)cc1)Nc1ccccc1Cl. The first-order valence-electron chi connectivity index (χ1n) is 9.64. The fourth-order valence-electron chi connectivity index (χ4n) is 3.00. The van der Waals surface area contributed by atoms with Crippen molar-refractivity contribution in [3.05, 3.63) is 101 Å². The number of nitrogens with one attached hydrogen (secondary N) is 1. The number of carbonyl (C=O) groups is 2. The van der Waals surface area contributed by atoms with Crippen molar-refractivity contribution in [3.8, 4) is 0 Å². The van der Waals surface area contributed by atoms with Gasteiger partial charge in [0.1, 0.15) is 11.5 Å². The van der Waals surface area contributed by atoms with E-state index in [1.54, 1.807) is 30.3 Å². The van der Waals surface area contributed by atoms with Gasteiger partial charge in [-0.05, 0) is 48.0 Å². The number of hydrogen-bond donors (Lipinski definition) is 1. The lowest BCUT2D eigenvalue weighted by atomic mass is 10.2. The van der Waals surface area contributed by atoms with E-state index in [4.69, 9.17) is 11.6 Å². The Morgan fingerprint density at radius 3 is 2.44 bits per heavy atom. The first-order valence-corrected chi connectivity index (χ1v) is 11.0. The first-order chi connectivity index (χ1) is 15.5. The van der Waals surface area contributed by atoms with Crippen LogP contribution in [0.5, 0.6) is 0 Å². The number of carbonyl (C=O) groups excluding carboxylic acids is 2. The fourth-order valence-corrected chi connectivity index (χ4v) is 3.99. The Hall–Kier alpha value is -3.42. The quantitative estimate of drug-likeness (QED) is 0.499. The van der Waals surface area contributed by atoms with E-state index in [2.05, 4.69) is 10.3 Å². The van der Waals surface area contributed by atoms with E-state index in [9.17, 15) is 14.0 Å². The minimum absolute atomic E-state index is 0.00759. The number of aliphatic imine (C=N–C) groups is 1. The molecule has 0 fully saturated rings. The van der Waals surface area contributed by atoms with Crippen molar-refractivity contribution < 1.29 is 14.0 Å². The van der Waals surface area contributed by atoms with Gasteiger partial charge in [0, 0.05) is 0 Å². The van der Waals surface area contributed by atoms with E-state index in [1.165, 1.54) is 29.2 Å². The second-order valence-corrected chi connectivity index (χ2v) is 8.12. The molecule has 1 heterocycles. The summed E-state index contributed by atoms with van der Waals surface area (Å²) in [5.74, 6) is -1.05. The summed E-state index contributed by atoms with van der Waals surface area (Å²) in [5.41, 5.74) is 2.02. The van der Waals surface area contributed by atoms with E-state index in [0.717, 1.165) is 17.3 Å². The third-order valence-electron chi connectivity index (χ3n) is 4.50. The number of thioether (sulfide) groups is 1. The number of hydrogen-bond acceptors (Lipinski definition) is 4. The Bertz CT molecular complexity index is 1210. The Balaban J connectivity index is 1.57. The normalized spacial score (nSPS) is 14.6. The van der Waals surface area contributed by atoms with Crippen LogP contribution in [-0.2, 0) is 9.59 Å². The topological polar surface area (TPSA) is 61.8 Å². The zero-order valence-corrected chi connectivity index (χ0v) is 18.2. The molecule has 1 N–H and O–H groups in total. The van der Waals surface area contributed by atoms with E-state index in [1.807, 2.05) is 30.3 Å². The van der Waals surface area contributed by atoms with Crippen molar-refractivity contribution in [1.82, 2.24) is 0 Å². The molecule has 0 saturated heterocycles. The molecule has 0 radical (unpaired) electrons. The highest BCUT2D eigenvalue weighted by Crippen LogP contribution is 2.30. The number of nitrogens with zero attached hydrogens (tertiary/aromatic N) is 2. The number of anilines is 2. The smallest absolute Gasteiger partial charge is 0.283 e. The van der Waals surface area contributed by atoms with Gasteiger partial charge in [-0.1, -0.05) is 65.8 Å². The van der Waals surface area contributed by atoms with Gasteiger partial charge in [-0.25, -0.2) is 9.38 Å². The molecule has 5 nitrogen and oxygen atoms in total. The minimum atomic E-state index is -0.411. The number of halogens is 2. The Morgan fingerprint density at radius 1 is 1.03 bits per heavy atom. The van der Waals surface area contributed by atoms with Crippen LogP contribution in [-0.4, -0.2) is 22.7 Å². The van der Waals surface area contributed by atoms with Crippen LogP contribution in [0.15, 0.2) is 89.6 Å². The maximum absolute atomic E-state index is 13.4. The number of para-hydroxylation sites is 1. The van der Waals surface area contributed by atoms with Crippen LogP contribution < -0.4 is 10.2 Å². The number of amides is 2. The van der Waals surface area contributed by atoms with E-state index < -0.39 is 5.82 Å². The predicted molar refractivity (Wildman–Crippen MR) is 128 cm³/mol. The van der Waals surface area contributed by atoms with Crippen LogP contribution in [0.1, 0.15) is 5.56 Å². The van der Waals surface area contributed by atoms with Crippen LogP contribution in [0.4, 0.5) is 15.8 Å². The zero-order chi connectivity index (χ0) is 22.5. The van der Waals surface area contributed by atoms with E-state index in [-0.39, 0.29) is 23.3 Å². The highest BCUT2D eigenvalue weighted by atomic mass is 35.5. The zero-order valence-electron chi connectivity index (χ0n) is 16.7. The summed E-state index contributed by atoms with van der Waals surface area (Å²) in [6, 6.07) is 21.8. The standard InChI is InChI=1S/C24H17ClFN3O2S/c25-19-8-4-5-9-20(19)27-22(30)15-32-24-28-21(14-16-6-2-1-3-7-16)23(31)29(24)18-12-10-17(26)11-13-18/h1-14H,15H2,(H,27,30)/b21-14-. The van der Waals surface area contributed by atoms with Gasteiger partial charge >= 0.3 is 0 Å². The lowest BCUT2D eigenvalue weighted by molar-refractivity contribution is -0.114. The first kappa shape index (κ1) is 21.8. The molecule has 0 spiro atoms. The van der Waals surface area contributed by atoms with Gasteiger partial charge in [-0.3, -0.25) is 14.5 Å². The monoisotopic (exact) mass is 465 g/mol. The molecule has 0 saturated carbocycles. The molecule has 0 unspecified atom stereocenters. The van der Waals surface area contributed by atoms with Crippen LogP contribution >= 0.6 is 23.4 Å². The maximum Gasteiger partial charge on any atom is 0.283 e. The summed E-state index contributed by atoms with van der Waals surface area (Å²) in [5, 5.41) is 3.51. The maximum atomic E-state index is 13.4. The Morgan fingerprint density at radius 2 is 1.72 bits per heavy atom. The molecule has 3 aromatic carbocycles. The summed E-state index contributed by atoms with van der Waals surface area (Å²) in [4.78, 5) is 31.4. The summed E-state index contributed by atoms with van der Waals surface area (Å²) < 4.78 is 13.4. The lowest BCUT2D eigenvalue weighted by Gasteiger charge is -2.17. The minimum Gasteiger partial charge on any atom is -0.324 e. The fraction of sp³-hybridized carbons (Fsp3) is 0.0417. The summed E-state index contributed by atoms with van der Waals surface area (Å²) in [6.45, 7) is 0. The summed E-state index contributed by atoms with van der Waals surface area (Å²) in [7, 11) is 0. The molecule has 0 atom stereocenters. The molecular formula is C24H17ClFN3O2S. The van der Waals surface area contributed by atoms with Gasteiger partial charge in [-0.15, -0.1) is 0 Å². The molecule has 0 aromatic heterocycles. The molecule has 2 amide bonds. The molecule has 8 heteroatoms. The van der Waals surface area contributed by atoms with E-state index >= 15 is 0 Å². The largest absolute Gasteiger partial charge is 0.324 e. The molecular weight excluding hydrogens is 449 g/mol. The van der Waals surface area contributed by atoms with Gasteiger partial charge in [0.15, 0.2) is 5.17 Å². The molecule has 1 aliphatic heterocycles. The molecule has 1 aliphatic rings. The number of rotatable bonds is 5. The van der Waals surface area contributed by atoms with Crippen LogP contribution in [0, 0.1) is 5.82 Å². The second-order valence-electron chi connectivity index (χ2n) is 6.77. The molecule has 160 valence electrons. The number of benzene rings is 3. The molecule has 0 bridgehead atoms. The van der Waals surface area contributed by atoms with Crippen LogP contribution in [0.3, 0.4) is 0 Å². The highest BCUT2D eigenvalue weighted by Gasteiger charge is 2.32. The van der Waals surface area contributed by atoms with Crippen molar-refractivity contribution in [2.24, 2.45) is 4.99 Å². The molecule has 3 aromatic rings.